The quantitative estimate of drug-likeness (QED) is 0.675. The highest BCUT2D eigenvalue weighted by Gasteiger charge is 2.15. The molecule has 3 rings (SSSR count). The van der Waals surface area contributed by atoms with Crippen molar-refractivity contribution in [2.75, 3.05) is 26.0 Å². The number of hydrogen-bond donors (Lipinski definition) is 1. The van der Waals surface area contributed by atoms with Crippen molar-refractivity contribution in [3.8, 4) is 11.5 Å². The van der Waals surface area contributed by atoms with Gasteiger partial charge in [0.25, 0.3) is 5.56 Å². The lowest BCUT2D eigenvalue weighted by molar-refractivity contribution is 0.339. The van der Waals surface area contributed by atoms with Crippen LogP contribution in [0.1, 0.15) is 17.7 Å². The first kappa shape index (κ1) is 19.4. The van der Waals surface area contributed by atoms with E-state index in [-0.39, 0.29) is 31.0 Å². The lowest BCUT2D eigenvalue weighted by atomic mass is 10.2. The number of sulfonamides is 1. The summed E-state index contributed by atoms with van der Waals surface area (Å²) in [4.78, 5) is 12.0. The molecule has 1 aromatic carbocycles. The van der Waals surface area contributed by atoms with Crippen LogP contribution >= 0.6 is 0 Å². The van der Waals surface area contributed by atoms with E-state index in [0.29, 0.717) is 11.5 Å². The summed E-state index contributed by atoms with van der Waals surface area (Å²) in [5.41, 5.74) is 1.75. The van der Waals surface area contributed by atoms with Crippen LogP contribution in [0.25, 0.3) is 0 Å². The topological polar surface area (TPSA) is 99.5 Å². The van der Waals surface area contributed by atoms with E-state index in [1.54, 1.807) is 37.4 Å². The number of ether oxygens (including phenoxy) is 2. The van der Waals surface area contributed by atoms with Gasteiger partial charge in [0.15, 0.2) is 0 Å². The van der Waals surface area contributed by atoms with Crippen LogP contribution in [0.4, 0.5) is 0 Å². The van der Waals surface area contributed by atoms with Crippen LogP contribution in [-0.2, 0) is 29.4 Å². The number of methoxy groups -OCH3 is 1. The van der Waals surface area contributed by atoms with Crippen molar-refractivity contribution in [2.24, 2.45) is 0 Å². The summed E-state index contributed by atoms with van der Waals surface area (Å²) in [7, 11) is -1.93. The van der Waals surface area contributed by atoms with Crippen molar-refractivity contribution in [1.29, 1.82) is 0 Å². The molecule has 1 N–H and O–H groups in total. The maximum atomic E-state index is 12.1. The molecule has 2 aromatic rings. The van der Waals surface area contributed by atoms with Crippen molar-refractivity contribution in [2.45, 2.75) is 25.8 Å². The van der Waals surface area contributed by atoms with E-state index in [1.165, 1.54) is 4.68 Å². The van der Waals surface area contributed by atoms with Crippen molar-refractivity contribution in [3.05, 3.63) is 51.9 Å². The Morgan fingerprint density at radius 2 is 1.93 bits per heavy atom. The van der Waals surface area contributed by atoms with E-state index in [0.717, 1.165) is 30.5 Å². The number of nitrogens with one attached hydrogen (secondary N) is 1. The molecule has 0 fully saturated rings. The van der Waals surface area contributed by atoms with Crippen LogP contribution in [0.2, 0.25) is 0 Å². The van der Waals surface area contributed by atoms with Crippen LogP contribution in [0, 0.1) is 0 Å². The minimum absolute atomic E-state index is 0.0265. The van der Waals surface area contributed by atoms with Gasteiger partial charge in [-0.3, -0.25) is 4.79 Å². The lowest BCUT2D eigenvalue weighted by Crippen LogP contribution is -2.34. The van der Waals surface area contributed by atoms with Gasteiger partial charge in [-0.25, -0.2) is 17.8 Å². The second kappa shape index (κ2) is 8.53. The maximum absolute atomic E-state index is 12.1. The van der Waals surface area contributed by atoms with Gasteiger partial charge >= 0.3 is 0 Å². The van der Waals surface area contributed by atoms with Gasteiger partial charge in [-0.2, -0.15) is 5.10 Å². The monoisotopic (exact) mass is 393 g/mol. The summed E-state index contributed by atoms with van der Waals surface area (Å²) in [6, 6.07) is 8.51. The number of hydrogen-bond acceptors (Lipinski definition) is 6. The Kier molecular flexibility index (Phi) is 6.12. The highest BCUT2D eigenvalue weighted by atomic mass is 32.2. The zero-order valence-corrected chi connectivity index (χ0v) is 16.0. The molecule has 0 aliphatic heterocycles. The zero-order valence-electron chi connectivity index (χ0n) is 15.2. The normalized spacial score (nSPS) is 13.4. The molecule has 146 valence electrons. The molecule has 9 heteroatoms. The SMILES string of the molecule is COc1ccc(OCCS(=O)(=O)NCCn2nc3c(cc2=O)CCC3)cc1. The Morgan fingerprint density at radius 1 is 1.19 bits per heavy atom. The Hall–Kier alpha value is -2.39. The average molecular weight is 393 g/mol. The Bertz CT molecular complexity index is 938. The first-order chi connectivity index (χ1) is 13.0. The largest absolute Gasteiger partial charge is 0.497 e. The fourth-order valence-electron chi connectivity index (χ4n) is 2.92. The Morgan fingerprint density at radius 3 is 2.67 bits per heavy atom. The van der Waals surface area contributed by atoms with Gasteiger partial charge in [-0.05, 0) is 49.1 Å². The molecular formula is C18H23N3O5S. The molecule has 0 atom stereocenters. The smallest absolute Gasteiger partial charge is 0.267 e. The van der Waals surface area contributed by atoms with Crippen molar-refractivity contribution >= 4 is 10.0 Å². The number of benzene rings is 1. The molecular weight excluding hydrogens is 370 g/mol. The molecule has 1 aromatic heterocycles. The molecule has 0 amide bonds. The molecule has 0 saturated carbocycles. The third-order valence-corrected chi connectivity index (χ3v) is 5.70. The maximum Gasteiger partial charge on any atom is 0.267 e. The summed E-state index contributed by atoms with van der Waals surface area (Å²) >= 11 is 0. The molecule has 0 unspecified atom stereocenters. The third-order valence-electron chi connectivity index (χ3n) is 4.35. The Labute approximate surface area is 158 Å². The van der Waals surface area contributed by atoms with Gasteiger partial charge in [-0.1, -0.05) is 0 Å². The number of aromatic nitrogens is 2. The van der Waals surface area contributed by atoms with Gasteiger partial charge in [-0.15, -0.1) is 0 Å². The Balaban J connectivity index is 1.45. The number of nitrogens with zero attached hydrogens (tertiary/aromatic N) is 2. The summed E-state index contributed by atoms with van der Waals surface area (Å²) in [6.45, 7) is 0.333. The molecule has 27 heavy (non-hydrogen) atoms. The fraction of sp³-hybridized carbons (Fsp3) is 0.444. The van der Waals surface area contributed by atoms with Crippen LogP contribution in [0.5, 0.6) is 11.5 Å². The fourth-order valence-corrected chi connectivity index (χ4v) is 3.77. The van der Waals surface area contributed by atoms with E-state index in [1.807, 2.05) is 0 Å². The van der Waals surface area contributed by atoms with Crippen molar-refractivity contribution in [1.82, 2.24) is 14.5 Å². The highest BCUT2D eigenvalue weighted by Crippen LogP contribution is 2.17. The summed E-state index contributed by atoms with van der Waals surface area (Å²) in [5, 5.41) is 4.32. The predicted octanol–water partition coefficient (Wildman–Crippen LogP) is 0.739. The number of aryl methyl sites for hydroxylation is 2. The zero-order chi connectivity index (χ0) is 19.3. The summed E-state index contributed by atoms with van der Waals surface area (Å²) < 4.78 is 38.4. The molecule has 1 aliphatic rings. The average Bonchev–Trinajstić information content (AvgIpc) is 3.09. The first-order valence-electron chi connectivity index (χ1n) is 8.81. The van der Waals surface area contributed by atoms with E-state index in [4.69, 9.17) is 9.47 Å². The van der Waals surface area contributed by atoms with E-state index < -0.39 is 10.0 Å². The van der Waals surface area contributed by atoms with E-state index in [9.17, 15) is 13.2 Å². The molecule has 0 saturated heterocycles. The third kappa shape index (κ3) is 5.30. The van der Waals surface area contributed by atoms with Gasteiger partial charge in [0.05, 0.1) is 25.1 Å². The second-order valence-electron chi connectivity index (χ2n) is 6.27. The van der Waals surface area contributed by atoms with E-state index in [2.05, 4.69) is 9.82 Å². The second-order valence-corrected chi connectivity index (χ2v) is 8.19. The molecule has 8 nitrogen and oxygen atoms in total. The van der Waals surface area contributed by atoms with Gasteiger partial charge in [0, 0.05) is 12.6 Å². The molecule has 0 spiro atoms. The molecule has 0 bridgehead atoms. The lowest BCUT2D eigenvalue weighted by Gasteiger charge is -2.10. The number of fused-ring (bicyclic) bond motifs is 1. The molecule has 1 aliphatic carbocycles. The number of rotatable bonds is 9. The van der Waals surface area contributed by atoms with Crippen LogP contribution in [0.3, 0.4) is 0 Å². The van der Waals surface area contributed by atoms with Crippen molar-refractivity contribution < 1.29 is 17.9 Å². The molecule has 0 radical (unpaired) electrons. The van der Waals surface area contributed by atoms with Crippen LogP contribution in [-0.4, -0.2) is 44.2 Å². The van der Waals surface area contributed by atoms with Crippen LogP contribution in [0.15, 0.2) is 35.1 Å². The predicted molar refractivity (Wildman–Crippen MR) is 101 cm³/mol. The highest BCUT2D eigenvalue weighted by molar-refractivity contribution is 7.89. The van der Waals surface area contributed by atoms with Gasteiger partial charge in [0.1, 0.15) is 18.1 Å². The van der Waals surface area contributed by atoms with Crippen LogP contribution < -0.4 is 19.8 Å². The first-order valence-corrected chi connectivity index (χ1v) is 10.5. The van der Waals surface area contributed by atoms with E-state index >= 15 is 0 Å². The summed E-state index contributed by atoms with van der Waals surface area (Å²) in [5.74, 6) is 1.10. The van der Waals surface area contributed by atoms with Gasteiger partial charge < -0.3 is 9.47 Å². The standard InChI is InChI=1S/C18H23N3O5S/c1-25-15-5-7-16(8-6-15)26-11-12-27(23,24)19-9-10-21-18(22)13-14-3-2-4-17(14)20-21/h5-8,13,19H,2-4,9-12H2,1H3. The minimum atomic E-state index is -3.50. The van der Waals surface area contributed by atoms with Gasteiger partial charge in [0.2, 0.25) is 10.0 Å². The minimum Gasteiger partial charge on any atom is -0.497 e. The van der Waals surface area contributed by atoms with Crippen molar-refractivity contribution in [3.63, 3.8) is 0 Å². The summed E-state index contributed by atoms with van der Waals surface area (Å²) in [6.07, 6.45) is 2.76. The molecule has 1 heterocycles.